The van der Waals surface area contributed by atoms with Crippen LogP contribution in [-0.4, -0.2) is 15.9 Å². The molecule has 2 aromatic rings. The van der Waals surface area contributed by atoms with Gasteiger partial charge in [0.25, 0.3) is 5.91 Å². The molecule has 2 N–H and O–H groups in total. The lowest BCUT2D eigenvalue weighted by Gasteiger charge is -2.06. The van der Waals surface area contributed by atoms with E-state index >= 15 is 0 Å². The number of carbonyl (C=O) groups excluding carboxylic acids is 1. The van der Waals surface area contributed by atoms with Crippen LogP contribution in [0.4, 0.5) is 0 Å². The Bertz CT molecular complexity index is 528. The van der Waals surface area contributed by atoms with E-state index in [1.165, 1.54) is 0 Å². The predicted octanol–water partition coefficient (Wildman–Crippen LogP) is 2.71. The van der Waals surface area contributed by atoms with Crippen LogP contribution in [0.25, 0.3) is 0 Å². The number of aromatic nitrogens is 2. The Hall–Kier alpha value is -0.890. The summed E-state index contributed by atoms with van der Waals surface area (Å²) in [5.74, 6) is -0.106. The molecule has 0 unspecified atom stereocenters. The summed E-state index contributed by atoms with van der Waals surface area (Å²) >= 11 is 5.54. The molecule has 1 amide bonds. The average Bonchev–Trinajstić information content (AvgIpc) is 2.82. The van der Waals surface area contributed by atoms with Crippen LogP contribution >= 0.6 is 38.5 Å². The largest absolute Gasteiger partial charge is 0.347 e. The third-order valence-corrected chi connectivity index (χ3v) is 3.53. The molecule has 0 radical (unpaired) electrons. The van der Waals surface area contributed by atoms with Gasteiger partial charge in [0.05, 0.1) is 24.1 Å². The summed E-state index contributed by atoms with van der Waals surface area (Å²) in [5.41, 5.74) is 1.51. The molecular weight excluding hydrogens is 397 g/mol. The van der Waals surface area contributed by atoms with Crippen molar-refractivity contribution in [3.63, 3.8) is 0 Å². The molecule has 1 aromatic heterocycles. The molecule has 17 heavy (non-hydrogen) atoms. The number of hydrogen-bond acceptors (Lipinski definition) is 2. The summed E-state index contributed by atoms with van der Waals surface area (Å²) < 4.78 is 1.82. The molecule has 1 heterocycles. The number of amides is 1. The van der Waals surface area contributed by atoms with Gasteiger partial charge in [-0.3, -0.25) is 4.79 Å². The van der Waals surface area contributed by atoms with Gasteiger partial charge in [-0.25, -0.2) is 4.98 Å². The number of halogens is 2. The van der Waals surface area contributed by atoms with E-state index in [4.69, 9.17) is 0 Å². The van der Waals surface area contributed by atoms with Gasteiger partial charge < -0.3 is 10.3 Å². The summed E-state index contributed by atoms with van der Waals surface area (Å²) in [5, 5.41) is 2.83. The first kappa shape index (κ1) is 12.6. The summed E-state index contributed by atoms with van der Waals surface area (Å²) in [6.07, 6.45) is 3.27. The van der Waals surface area contributed by atoms with Gasteiger partial charge >= 0.3 is 0 Å². The quantitative estimate of drug-likeness (QED) is 0.771. The first-order chi connectivity index (χ1) is 8.16. The fourth-order valence-electron chi connectivity index (χ4n) is 1.32. The van der Waals surface area contributed by atoms with Crippen LogP contribution < -0.4 is 5.32 Å². The van der Waals surface area contributed by atoms with Crippen molar-refractivity contribution in [3.8, 4) is 0 Å². The van der Waals surface area contributed by atoms with Crippen molar-refractivity contribution in [3.05, 3.63) is 50.0 Å². The van der Waals surface area contributed by atoms with Crippen LogP contribution in [0.2, 0.25) is 0 Å². The van der Waals surface area contributed by atoms with Gasteiger partial charge in [0.2, 0.25) is 0 Å². The van der Waals surface area contributed by atoms with Gasteiger partial charge in [-0.1, -0.05) is 0 Å². The van der Waals surface area contributed by atoms with Gasteiger partial charge in [-0.15, -0.1) is 0 Å². The SMILES string of the molecule is O=C(NCc1cnc[nH]1)c1cc(I)ccc1Br. The molecule has 2 rings (SSSR count). The van der Waals surface area contributed by atoms with E-state index in [1.807, 2.05) is 18.2 Å². The lowest BCUT2D eigenvalue weighted by atomic mass is 10.2. The second-order valence-corrected chi connectivity index (χ2v) is 5.48. The first-order valence-electron chi connectivity index (χ1n) is 4.87. The third kappa shape index (κ3) is 3.29. The molecule has 6 heteroatoms. The van der Waals surface area contributed by atoms with E-state index in [0.717, 1.165) is 13.7 Å². The minimum atomic E-state index is -0.106. The highest BCUT2D eigenvalue weighted by Gasteiger charge is 2.10. The van der Waals surface area contributed by atoms with Crippen LogP contribution in [0.15, 0.2) is 35.2 Å². The Labute approximate surface area is 120 Å². The molecule has 0 bridgehead atoms. The first-order valence-corrected chi connectivity index (χ1v) is 6.74. The van der Waals surface area contributed by atoms with Gasteiger partial charge in [-0.2, -0.15) is 0 Å². The summed E-state index contributed by atoms with van der Waals surface area (Å²) in [7, 11) is 0. The van der Waals surface area contributed by atoms with Crippen LogP contribution in [0.1, 0.15) is 16.1 Å². The Kier molecular flexibility index (Phi) is 4.16. The molecule has 0 spiro atoms. The molecule has 0 saturated heterocycles. The maximum atomic E-state index is 11.9. The number of benzene rings is 1. The highest BCUT2D eigenvalue weighted by atomic mass is 127. The van der Waals surface area contributed by atoms with Crippen LogP contribution in [-0.2, 0) is 6.54 Å². The zero-order chi connectivity index (χ0) is 12.3. The van der Waals surface area contributed by atoms with Crippen LogP contribution in [0.5, 0.6) is 0 Å². The number of nitrogens with one attached hydrogen (secondary N) is 2. The van der Waals surface area contributed by atoms with E-state index in [-0.39, 0.29) is 5.91 Å². The van der Waals surface area contributed by atoms with E-state index in [0.29, 0.717) is 12.1 Å². The molecule has 88 valence electrons. The Morgan fingerprint density at radius 2 is 2.35 bits per heavy atom. The topological polar surface area (TPSA) is 57.8 Å². The van der Waals surface area contributed by atoms with Gasteiger partial charge in [0.15, 0.2) is 0 Å². The molecule has 0 aliphatic rings. The minimum absolute atomic E-state index is 0.106. The van der Waals surface area contributed by atoms with E-state index in [2.05, 4.69) is 53.8 Å². The second kappa shape index (κ2) is 5.63. The molecular formula is C11H9BrIN3O. The van der Waals surface area contributed by atoms with E-state index < -0.39 is 0 Å². The number of carbonyl (C=O) groups is 1. The molecule has 0 fully saturated rings. The van der Waals surface area contributed by atoms with Crippen molar-refractivity contribution in [1.29, 1.82) is 0 Å². The zero-order valence-electron chi connectivity index (χ0n) is 8.71. The number of imidazole rings is 1. The van der Waals surface area contributed by atoms with Crippen molar-refractivity contribution < 1.29 is 4.79 Å². The van der Waals surface area contributed by atoms with Crippen molar-refractivity contribution in [1.82, 2.24) is 15.3 Å². The predicted molar refractivity (Wildman–Crippen MR) is 76.6 cm³/mol. The average molecular weight is 406 g/mol. The molecule has 0 atom stereocenters. The number of rotatable bonds is 3. The summed E-state index contributed by atoms with van der Waals surface area (Å²) in [6.45, 7) is 0.441. The summed E-state index contributed by atoms with van der Waals surface area (Å²) in [4.78, 5) is 18.8. The van der Waals surface area contributed by atoms with Crippen LogP contribution in [0, 0.1) is 3.57 Å². The number of aromatic amines is 1. The molecule has 0 saturated carbocycles. The van der Waals surface area contributed by atoms with E-state index in [1.54, 1.807) is 12.5 Å². The lowest BCUT2D eigenvalue weighted by Crippen LogP contribution is -2.23. The zero-order valence-corrected chi connectivity index (χ0v) is 12.4. The van der Waals surface area contributed by atoms with Crippen molar-refractivity contribution in [2.24, 2.45) is 0 Å². The lowest BCUT2D eigenvalue weighted by molar-refractivity contribution is 0.0949. The highest BCUT2D eigenvalue weighted by molar-refractivity contribution is 14.1. The maximum Gasteiger partial charge on any atom is 0.252 e. The number of hydrogen-bond donors (Lipinski definition) is 2. The Morgan fingerprint density at radius 1 is 1.53 bits per heavy atom. The fourth-order valence-corrected chi connectivity index (χ4v) is 2.24. The van der Waals surface area contributed by atoms with Gasteiger partial charge in [0.1, 0.15) is 0 Å². The van der Waals surface area contributed by atoms with Crippen molar-refractivity contribution >= 4 is 44.4 Å². The standard InChI is InChI=1S/C11H9BrIN3O/c12-10-2-1-7(13)3-9(10)11(17)15-5-8-4-14-6-16-8/h1-4,6H,5H2,(H,14,16)(H,15,17). The number of nitrogens with zero attached hydrogens (tertiary/aromatic N) is 1. The van der Waals surface area contributed by atoms with E-state index in [9.17, 15) is 4.79 Å². The van der Waals surface area contributed by atoms with Gasteiger partial charge in [0, 0.05) is 14.2 Å². The second-order valence-electron chi connectivity index (χ2n) is 3.38. The molecule has 1 aromatic carbocycles. The molecule has 0 aliphatic heterocycles. The maximum absolute atomic E-state index is 11.9. The van der Waals surface area contributed by atoms with Crippen LogP contribution in [0.3, 0.4) is 0 Å². The normalized spacial score (nSPS) is 10.2. The Morgan fingerprint density at radius 3 is 3.06 bits per heavy atom. The Balaban J connectivity index is 2.07. The van der Waals surface area contributed by atoms with Crippen molar-refractivity contribution in [2.75, 3.05) is 0 Å². The fraction of sp³-hybridized carbons (Fsp3) is 0.0909. The minimum Gasteiger partial charge on any atom is -0.347 e. The molecule has 0 aliphatic carbocycles. The third-order valence-electron chi connectivity index (χ3n) is 2.17. The highest BCUT2D eigenvalue weighted by Crippen LogP contribution is 2.19. The van der Waals surface area contributed by atoms with Gasteiger partial charge in [-0.05, 0) is 56.7 Å². The molecule has 4 nitrogen and oxygen atoms in total. The monoisotopic (exact) mass is 405 g/mol. The van der Waals surface area contributed by atoms with Crippen molar-refractivity contribution in [2.45, 2.75) is 6.54 Å². The smallest absolute Gasteiger partial charge is 0.252 e. The number of H-pyrrole nitrogens is 1. The summed E-state index contributed by atoms with van der Waals surface area (Å²) in [6, 6.07) is 5.65.